The maximum absolute atomic E-state index is 13.3. The van der Waals surface area contributed by atoms with Crippen molar-refractivity contribution in [1.82, 2.24) is 4.90 Å². The van der Waals surface area contributed by atoms with Gasteiger partial charge in [-0.2, -0.15) is 0 Å². The van der Waals surface area contributed by atoms with Crippen LogP contribution in [0.1, 0.15) is 29.5 Å². The summed E-state index contributed by atoms with van der Waals surface area (Å²) in [5, 5.41) is 0.216. The topological polar surface area (TPSA) is 29.3 Å². The normalized spacial score (nSPS) is 18.7. The number of aryl methyl sites for hydroxylation is 1. The summed E-state index contributed by atoms with van der Waals surface area (Å²) in [5.74, 6) is 0.228. The van der Waals surface area contributed by atoms with Crippen molar-refractivity contribution in [1.29, 1.82) is 0 Å². The molecule has 1 unspecified atom stereocenters. The van der Waals surface area contributed by atoms with Crippen LogP contribution < -0.4 is 5.73 Å². The molecule has 24 heavy (non-hydrogen) atoms. The molecule has 0 bridgehead atoms. The molecule has 128 valence electrons. The monoisotopic (exact) mass is 346 g/mol. The summed E-state index contributed by atoms with van der Waals surface area (Å²) < 4.78 is 13.3. The lowest BCUT2D eigenvalue weighted by molar-refractivity contribution is 0.167. The molecular weight excluding hydrogens is 323 g/mol. The minimum Gasteiger partial charge on any atom is -0.398 e. The third-order valence-corrected chi connectivity index (χ3v) is 5.23. The molecule has 2 aromatic rings. The van der Waals surface area contributed by atoms with Crippen LogP contribution >= 0.6 is 11.6 Å². The third kappa shape index (κ3) is 4.08. The van der Waals surface area contributed by atoms with Crippen molar-refractivity contribution < 1.29 is 4.39 Å². The smallest absolute Gasteiger partial charge is 0.141 e. The first-order valence-electron chi connectivity index (χ1n) is 8.53. The van der Waals surface area contributed by atoms with Gasteiger partial charge < -0.3 is 5.73 Å². The van der Waals surface area contributed by atoms with E-state index in [1.54, 1.807) is 6.07 Å². The lowest BCUT2D eigenvalue weighted by atomic mass is 9.91. The van der Waals surface area contributed by atoms with Gasteiger partial charge >= 0.3 is 0 Å². The highest BCUT2D eigenvalue weighted by Gasteiger charge is 2.21. The van der Waals surface area contributed by atoms with Crippen molar-refractivity contribution in [2.24, 2.45) is 5.92 Å². The Bertz CT molecular complexity index is 697. The van der Waals surface area contributed by atoms with Crippen molar-refractivity contribution in [2.75, 3.05) is 18.8 Å². The van der Waals surface area contributed by atoms with Crippen LogP contribution in [0, 0.1) is 18.7 Å². The van der Waals surface area contributed by atoms with E-state index in [1.807, 2.05) is 18.2 Å². The standard InChI is InChI=1S/C20H24ClFN2/c1-14-4-2-6-20(23)17(14)13-24-9-3-5-16(12-24)10-15-7-8-19(22)18(21)11-15/h2,4,6-8,11,16H,3,5,9-10,12-13,23H2,1H3. The molecular formula is C20H24ClFN2. The van der Waals surface area contributed by atoms with Crippen molar-refractivity contribution in [2.45, 2.75) is 32.7 Å². The molecule has 0 aromatic heterocycles. The van der Waals surface area contributed by atoms with E-state index in [9.17, 15) is 4.39 Å². The predicted octanol–water partition coefficient (Wildman–Crippen LogP) is 4.82. The number of benzene rings is 2. The fourth-order valence-corrected chi connectivity index (χ4v) is 3.83. The van der Waals surface area contributed by atoms with Gasteiger partial charge in [0.1, 0.15) is 5.82 Å². The van der Waals surface area contributed by atoms with E-state index in [4.69, 9.17) is 17.3 Å². The Hall–Kier alpha value is -1.58. The second-order valence-electron chi connectivity index (χ2n) is 6.84. The molecule has 1 saturated heterocycles. The van der Waals surface area contributed by atoms with Gasteiger partial charge in [0.05, 0.1) is 5.02 Å². The number of nitrogen functional groups attached to an aromatic ring is 1. The molecule has 0 spiro atoms. The predicted molar refractivity (Wildman–Crippen MR) is 98.7 cm³/mol. The van der Waals surface area contributed by atoms with E-state index in [2.05, 4.69) is 17.9 Å². The van der Waals surface area contributed by atoms with E-state index in [-0.39, 0.29) is 10.8 Å². The van der Waals surface area contributed by atoms with E-state index in [1.165, 1.54) is 30.0 Å². The van der Waals surface area contributed by atoms with E-state index < -0.39 is 0 Å². The molecule has 0 radical (unpaired) electrons. The highest BCUT2D eigenvalue weighted by molar-refractivity contribution is 6.30. The van der Waals surface area contributed by atoms with Gasteiger partial charge in [0.25, 0.3) is 0 Å². The zero-order valence-corrected chi connectivity index (χ0v) is 14.8. The number of piperidine rings is 1. The van der Waals surface area contributed by atoms with Crippen LogP contribution in [-0.4, -0.2) is 18.0 Å². The van der Waals surface area contributed by atoms with Crippen LogP contribution in [0.3, 0.4) is 0 Å². The van der Waals surface area contributed by atoms with Gasteiger partial charge in [-0.3, -0.25) is 4.90 Å². The van der Waals surface area contributed by atoms with Crippen LogP contribution in [0.25, 0.3) is 0 Å². The second-order valence-corrected chi connectivity index (χ2v) is 7.25. The van der Waals surface area contributed by atoms with E-state index >= 15 is 0 Å². The van der Waals surface area contributed by atoms with Crippen LogP contribution in [0.5, 0.6) is 0 Å². The summed E-state index contributed by atoms with van der Waals surface area (Å²) in [7, 11) is 0. The maximum atomic E-state index is 13.3. The Balaban J connectivity index is 1.65. The van der Waals surface area contributed by atoms with Crippen LogP contribution in [0.15, 0.2) is 36.4 Å². The summed E-state index contributed by atoms with van der Waals surface area (Å²) in [4.78, 5) is 2.48. The lowest BCUT2D eigenvalue weighted by Crippen LogP contribution is -2.36. The largest absolute Gasteiger partial charge is 0.398 e. The zero-order chi connectivity index (χ0) is 17.1. The number of rotatable bonds is 4. The Morgan fingerprint density at radius 3 is 2.88 bits per heavy atom. The number of nitrogens with two attached hydrogens (primary N) is 1. The van der Waals surface area contributed by atoms with Crippen molar-refractivity contribution in [3.05, 3.63) is 63.9 Å². The van der Waals surface area contributed by atoms with Gasteiger partial charge in [0, 0.05) is 18.8 Å². The average molecular weight is 347 g/mol. The van der Waals surface area contributed by atoms with Crippen molar-refractivity contribution >= 4 is 17.3 Å². The molecule has 2 aromatic carbocycles. The Kier molecular flexibility index (Phi) is 5.42. The number of likely N-dealkylation sites (tertiary alicyclic amines) is 1. The van der Waals surface area contributed by atoms with Gasteiger partial charge in [-0.1, -0.05) is 29.8 Å². The first-order valence-corrected chi connectivity index (χ1v) is 8.91. The first kappa shape index (κ1) is 17.2. The summed E-state index contributed by atoms with van der Waals surface area (Å²) in [6.07, 6.45) is 3.33. The molecule has 4 heteroatoms. The zero-order valence-electron chi connectivity index (χ0n) is 14.1. The summed E-state index contributed by atoms with van der Waals surface area (Å²) in [5.41, 5.74) is 10.6. The molecule has 2 N–H and O–H groups in total. The third-order valence-electron chi connectivity index (χ3n) is 4.94. The minimum absolute atomic E-state index is 0.216. The van der Waals surface area contributed by atoms with Gasteiger partial charge in [-0.05, 0) is 73.5 Å². The molecule has 1 aliphatic rings. The van der Waals surface area contributed by atoms with Gasteiger partial charge in [-0.15, -0.1) is 0 Å². The number of hydrogen-bond acceptors (Lipinski definition) is 2. The lowest BCUT2D eigenvalue weighted by Gasteiger charge is -2.33. The Morgan fingerprint density at radius 1 is 1.29 bits per heavy atom. The Labute approximate surface area is 148 Å². The summed E-state index contributed by atoms with van der Waals surface area (Å²) in [6.45, 7) is 5.17. The van der Waals surface area contributed by atoms with Crippen molar-refractivity contribution in [3.8, 4) is 0 Å². The maximum Gasteiger partial charge on any atom is 0.141 e. The molecule has 0 aliphatic carbocycles. The Morgan fingerprint density at radius 2 is 2.12 bits per heavy atom. The quantitative estimate of drug-likeness (QED) is 0.804. The number of nitrogens with zero attached hydrogens (tertiary/aromatic N) is 1. The molecule has 1 heterocycles. The van der Waals surface area contributed by atoms with Gasteiger partial charge in [-0.25, -0.2) is 4.39 Å². The minimum atomic E-state index is -0.347. The number of anilines is 1. The first-order chi connectivity index (χ1) is 11.5. The van der Waals surface area contributed by atoms with Crippen molar-refractivity contribution in [3.63, 3.8) is 0 Å². The van der Waals surface area contributed by atoms with E-state index in [0.29, 0.717) is 5.92 Å². The SMILES string of the molecule is Cc1cccc(N)c1CN1CCCC(Cc2ccc(F)c(Cl)c2)C1. The average Bonchev–Trinajstić information content (AvgIpc) is 2.55. The number of hydrogen-bond donors (Lipinski definition) is 1. The van der Waals surface area contributed by atoms with E-state index in [0.717, 1.165) is 37.3 Å². The fraction of sp³-hybridized carbons (Fsp3) is 0.400. The molecule has 1 aliphatic heterocycles. The van der Waals surface area contributed by atoms with Crippen LogP contribution in [0.2, 0.25) is 5.02 Å². The highest BCUT2D eigenvalue weighted by Crippen LogP contribution is 2.26. The van der Waals surface area contributed by atoms with Crippen LogP contribution in [0.4, 0.5) is 10.1 Å². The number of halogens is 2. The molecule has 2 nitrogen and oxygen atoms in total. The molecule has 0 saturated carbocycles. The summed E-state index contributed by atoms with van der Waals surface area (Å²) >= 11 is 5.90. The van der Waals surface area contributed by atoms with Crippen LogP contribution in [-0.2, 0) is 13.0 Å². The fourth-order valence-electron chi connectivity index (χ4n) is 3.63. The highest BCUT2D eigenvalue weighted by atomic mass is 35.5. The molecule has 0 amide bonds. The van der Waals surface area contributed by atoms with Gasteiger partial charge in [0.15, 0.2) is 0 Å². The summed E-state index contributed by atoms with van der Waals surface area (Å²) in [6, 6.07) is 11.2. The molecule has 3 rings (SSSR count). The molecule has 1 fully saturated rings. The molecule has 1 atom stereocenters. The second kappa shape index (κ2) is 7.54. The van der Waals surface area contributed by atoms with Gasteiger partial charge in [0.2, 0.25) is 0 Å².